The van der Waals surface area contributed by atoms with Crippen molar-refractivity contribution in [2.75, 3.05) is 0 Å². The average molecular weight is 477 g/mol. The monoisotopic (exact) mass is 476 g/mol. The van der Waals surface area contributed by atoms with Crippen LogP contribution in [0.25, 0.3) is 0 Å². The molecule has 0 bridgehead atoms. The van der Waals surface area contributed by atoms with Crippen molar-refractivity contribution in [1.29, 1.82) is 0 Å². The molecule has 196 valence electrons. The predicted octanol–water partition coefficient (Wildman–Crippen LogP) is 5.71. The lowest BCUT2D eigenvalue weighted by Gasteiger charge is -2.70. The molecule has 0 aromatic carbocycles. The minimum absolute atomic E-state index is 0.0630. The van der Waals surface area contributed by atoms with Gasteiger partial charge in [-0.3, -0.25) is 0 Å². The molecule has 1 heterocycles. The van der Waals surface area contributed by atoms with Crippen molar-refractivity contribution in [2.24, 2.45) is 45.3 Å². The van der Waals surface area contributed by atoms with Crippen molar-refractivity contribution in [3.63, 3.8) is 0 Å². The van der Waals surface area contributed by atoms with Crippen molar-refractivity contribution < 1.29 is 20.1 Å². The number of aliphatic hydroxyl groups excluding tert-OH is 2. The van der Waals surface area contributed by atoms with Gasteiger partial charge >= 0.3 is 0 Å². The summed E-state index contributed by atoms with van der Waals surface area (Å²) in [5.74, 6) is 1.59. The van der Waals surface area contributed by atoms with Crippen LogP contribution in [-0.4, -0.2) is 44.8 Å². The summed E-state index contributed by atoms with van der Waals surface area (Å²) < 4.78 is 6.66. The van der Waals surface area contributed by atoms with Crippen LogP contribution in [0.15, 0.2) is 0 Å². The lowest BCUT2D eigenvalue weighted by Crippen LogP contribution is -2.66. The predicted molar refractivity (Wildman–Crippen MR) is 135 cm³/mol. The highest BCUT2D eigenvalue weighted by atomic mass is 16.5. The standard InChI is InChI=1S/C30H52O4/c1-25(2)20-10-15-28(6)21(27(20,5)13-11-22(25)32)17-19(31)24-18(9-14-29(24,28)7)30(8)16-12-23(34-30)26(3,4)33/h18-24,31-33H,9-17H2,1-8H3/t18-,19+,20-,21+,22-,23-,24-,27-,28+,29+,30-/m0/s1. The largest absolute Gasteiger partial charge is 0.393 e. The van der Waals surface area contributed by atoms with Gasteiger partial charge in [0.15, 0.2) is 0 Å². The first-order chi connectivity index (χ1) is 15.5. The average Bonchev–Trinajstić information content (AvgIpc) is 3.30. The Morgan fingerprint density at radius 2 is 1.41 bits per heavy atom. The van der Waals surface area contributed by atoms with E-state index in [0.29, 0.717) is 17.8 Å². The summed E-state index contributed by atoms with van der Waals surface area (Å²) in [5.41, 5.74) is -0.703. The lowest BCUT2D eigenvalue weighted by molar-refractivity contribution is -0.248. The van der Waals surface area contributed by atoms with E-state index in [-0.39, 0.29) is 51.5 Å². The highest BCUT2D eigenvalue weighted by Gasteiger charge is 2.71. The van der Waals surface area contributed by atoms with E-state index < -0.39 is 5.60 Å². The van der Waals surface area contributed by atoms with E-state index in [1.807, 2.05) is 13.8 Å². The van der Waals surface area contributed by atoms with Gasteiger partial charge < -0.3 is 20.1 Å². The van der Waals surface area contributed by atoms with Gasteiger partial charge in [-0.25, -0.2) is 0 Å². The number of aliphatic hydroxyl groups is 3. The number of rotatable bonds is 2. The van der Waals surface area contributed by atoms with Crippen LogP contribution in [0.2, 0.25) is 0 Å². The van der Waals surface area contributed by atoms with Gasteiger partial charge in [0.05, 0.1) is 29.5 Å². The summed E-state index contributed by atoms with van der Waals surface area (Å²) in [7, 11) is 0. The van der Waals surface area contributed by atoms with Crippen LogP contribution < -0.4 is 0 Å². The van der Waals surface area contributed by atoms with E-state index in [4.69, 9.17) is 4.74 Å². The second kappa shape index (κ2) is 7.45. The molecule has 0 aromatic heterocycles. The third-order valence-electron chi connectivity index (χ3n) is 13.3. The first-order valence-electron chi connectivity index (χ1n) is 14.3. The van der Waals surface area contributed by atoms with Crippen LogP contribution in [-0.2, 0) is 4.74 Å². The molecule has 0 spiro atoms. The fourth-order valence-corrected chi connectivity index (χ4v) is 11.1. The fraction of sp³-hybridized carbons (Fsp3) is 1.00. The topological polar surface area (TPSA) is 69.9 Å². The van der Waals surface area contributed by atoms with Crippen molar-refractivity contribution >= 4 is 0 Å². The third kappa shape index (κ3) is 3.16. The Morgan fingerprint density at radius 3 is 2.03 bits per heavy atom. The maximum Gasteiger partial charge on any atom is 0.0865 e. The molecule has 4 heteroatoms. The molecule has 5 rings (SSSR count). The van der Waals surface area contributed by atoms with E-state index in [1.165, 1.54) is 12.8 Å². The molecule has 0 aromatic rings. The van der Waals surface area contributed by atoms with Crippen LogP contribution >= 0.6 is 0 Å². The Morgan fingerprint density at radius 1 is 0.765 bits per heavy atom. The minimum Gasteiger partial charge on any atom is -0.393 e. The summed E-state index contributed by atoms with van der Waals surface area (Å²) in [6.07, 6.45) is 8.72. The number of fused-ring (bicyclic) bond motifs is 5. The summed E-state index contributed by atoms with van der Waals surface area (Å²) in [6.45, 7) is 18.1. The van der Waals surface area contributed by atoms with Gasteiger partial charge in [0, 0.05) is 0 Å². The van der Waals surface area contributed by atoms with Crippen molar-refractivity contribution in [1.82, 2.24) is 0 Å². The molecule has 1 saturated heterocycles. The minimum atomic E-state index is -0.826. The van der Waals surface area contributed by atoms with E-state index in [2.05, 4.69) is 41.5 Å². The molecule has 0 unspecified atom stereocenters. The molecule has 0 radical (unpaired) electrons. The maximum atomic E-state index is 11.9. The summed E-state index contributed by atoms with van der Waals surface area (Å²) in [4.78, 5) is 0. The highest BCUT2D eigenvalue weighted by molar-refractivity contribution is 5.20. The van der Waals surface area contributed by atoms with E-state index in [1.54, 1.807) is 0 Å². The highest BCUT2D eigenvalue weighted by Crippen LogP contribution is 2.76. The number of hydrogen-bond donors (Lipinski definition) is 3. The fourth-order valence-electron chi connectivity index (χ4n) is 11.1. The maximum absolute atomic E-state index is 11.9. The normalized spacial score (nSPS) is 57.1. The molecular weight excluding hydrogens is 424 g/mol. The lowest BCUT2D eigenvalue weighted by atomic mass is 9.35. The Balaban J connectivity index is 1.48. The number of hydrogen-bond acceptors (Lipinski definition) is 4. The molecule has 0 amide bonds. The molecule has 1 aliphatic heterocycles. The molecule has 4 saturated carbocycles. The Bertz CT molecular complexity index is 817. The third-order valence-corrected chi connectivity index (χ3v) is 13.3. The van der Waals surface area contributed by atoms with Gasteiger partial charge in [0.1, 0.15) is 0 Å². The second-order valence-electron chi connectivity index (χ2n) is 15.4. The van der Waals surface area contributed by atoms with Crippen LogP contribution in [0, 0.1) is 45.3 Å². The molecule has 5 fully saturated rings. The quantitative estimate of drug-likeness (QED) is 0.477. The summed E-state index contributed by atoms with van der Waals surface area (Å²) in [5, 5.41) is 33.4. The Kier molecular flexibility index (Phi) is 5.59. The molecule has 4 nitrogen and oxygen atoms in total. The molecular formula is C30H52O4. The zero-order valence-electron chi connectivity index (χ0n) is 23.2. The van der Waals surface area contributed by atoms with E-state index >= 15 is 0 Å². The molecule has 11 atom stereocenters. The summed E-state index contributed by atoms with van der Waals surface area (Å²) >= 11 is 0. The van der Waals surface area contributed by atoms with Crippen LogP contribution in [0.4, 0.5) is 0 Å². The summed E-state index contributed by atoms with van der Waals surface area (Å²) in [6, 6.07) is 0. The smallest absolute Gasteiger partial charge is 0.0865 e. The van der Waals surface area contributed by atoms with Gasteiger partial charge in [-0.15, -0.1) is 0 Å². The first kappa shape index (κ1) is 25.5. The van der Waals surface area contributed by atoms with Gasteiger partial charge in [-0.1, -0.05) is 34.6 Å². The number of ether oxygens (including phenoxy) is 1. The Labute approximate surface area is 208 Å². The zero-order valence-corrected chi connectivity index (χ0v) is 23.2. The first-order valence-corrected chi connectivity index (χ1v) is 14.3. The Hall–Kier alpha value is -0.160. The molecule has 4 aliphatic carbocycles. The van der Waals surface area contributed by atoms with Crippen molar-refractivity contribution in [3.8, 4) is 0 Å². The van der Waals surface area contributed by atoms with Crippen LogP contribution in [0.3, 0.4) is 0 Å². The van der Waals surface area contributed by atoms with E-state index in [0.717, 1.165) is 44.9 Å². The second-order valence-corrected chi connectivity index (χ2v) is 15.4. The molecule has 5 aliphatic rings. The molecule has 34 heavy (non-hydrogen) atoms. The molecule has 3 N–H and O–H groups in total. The van der Waals surface area contributed by atoms with Gasteiger partial charge in [-0.05, 0) is 124 Å². The van der Waals surface area contributed by atoms with Gasteiger partial charge in [0.2, 0.25) is 0 Å². The van der Waals surface area contributed by atoms with Gasteiger partial charge in [-0.2, -0.15) is 0 Å². The SMILES string of the molecule is CC(C)(O)[C@@H]1CC[C@@](C)([C@H]2CC[C@]3(C)[C@@H]2[C@H](O)C[C@@H]2[C@@]4(C)CC[C@H](O)C(C)(C)[C@@H]4CC[C@]23C)O1. The van der Waals surface area contributed by atoms with Crippen molar-refractivity contribution in [2.45, 2.75) is 143 Å². The van der Waals surface area contributed by atoms with Crippen molar-refractivity contribution in [3.05, 3.63) is 0 Å². The van der Waals surface area contributed by atoms with E-state index in [9.17, 15) is 15.3 Å². The van der Waals surface area contributed by atoms with Gasteiger partial charge in [0.25, 0.3) is 0 Å². The van der Waals surface area contributed by atoms with Crippen LogP contribution in [0.1, 0.15) is 113 Å². The zero-order chi connectivity index (χ0) is 25.1. The van der Waals surface area contributed by atoms with Crippen LogP contribution in [0.5, 0.6) is 0 Å².